The number of benzene rings is 3. The molecule has 2 aliphatic carbocycles. The molecule has 0 bridgehead atoms. The Morgan fingerprint density at radius 2 is 1.33 bits per heavy atom. The van der Waals surface area contributed by atoms with Gasteiger partial charge in [0.1, 0.15) is 18.9 Å². The van der Waals surface area contributed by atoms with Crippen molar-refractivity contribution in [2.24, 2.45) is 5.73 Å². The third kappa shape index (κ3) is 5.03. The van der Waals surface area contributed by atoms with Crippen molar-refractivity contribution < 1.29 is 9.47 Å². The molecule has 0 heterocycles. The highest BCUT2D eigenvalue weighted by Gasteiger charge is 2.35. The highest BCUT2D eigenvalue weighted by atomic mass is 16.5. The molecule has 1 atom stereocenters. The molecule has 3 nitrogen and oxygen atoms in total. The second-order valence-electron chi connectivity index (χ2n) is 8.63. The second kappa shape index (κ2) is 9.65. The summed E-state index contributed by atoms with van der Waals surface area (Å²) in [6, 6.07) is 24.7. The summed E-state index contributed by atoms with van der Waals surface area (Å²) < 4.78 is 11.9. The first kappa shape index (κ1) is 21.5. The maximum absolute atomic E-state index is 6.47. The van der Waals surface area contributed by atoms with Crippen molar-refractivity contribution in [1.82, 2.24) is 0 Å². The van der Waals surface area contributed by atoms with Gasteiger partial charge in [-0.05, 0) is 66.6 Å². The minimum absolute atomic E-state index is 0.238. The fourth-order valence-corrected chi connectivity index (χ4v) is 4.63. The van der Waals surface area contributed by atoms with E-state index in [2.05, 4.69) is 54.0 Å². The summed E-state index contributed by atoms with van der Waals surface area (Å²) >= 11 is 0. The molecule has 2 N–H and O–H groups in total. The van der Waals surface area contributed by atoms with Gasteiger partial charge in [-0.1, -0.05) is 72.2 Å². The van der Waals surface area contributed by atoms with Gasteiger partial charge >= 0.3 is 0 Å². The largest absolute Gasteiger partial charge is 0.365 e. The predicted molar refractivity (Wildman–Crippen MR) is 130 cm³/mol. The monoisotopic (exact) mass is 433 g/mol. The van der Waals surface area contributed by atoms with Crippen LogP contribution < -0.4 is 5.73 Å². The van der Waals surface area contributed by atoms with E-state index >= 15 is 0 Å². The quantitative estimate of drug-likeness (QED) is 0.492. The average Bonchev–Trinajstić information content (AvgIpc) is 3.42. The molecule has 3 heteroatoms. The Bertz CT molecular complexity index is 1230. The first-order chi connectivity index (χ1) is 16.2. The van der Waals surface area contributed by atoms with E-state index < -0.39 is 5.72 Å². The first-order valence-corrected chi connectivity index (χ1v) is 11.5. The molecule has 0 spiro atoms. The molecule has 0 fully saturated rings. The van der Waals surface area contributed by atoms with Gasteiger partial charge in [0.15, 0.2) is 0 Å². The normalized spacial score (nSPS) is 18.6. The molecular formula is C30H27NO2. The van der Waals surface area contributed by atoms with Gasteiger partial charge in [0.2, 0.25) is 0 Å². The van der Waals surface area contributed by atoms with E-state index in [9.17, 15) is 0 Å². The lowest BCUT2D eigenvalue weighted by Gasteiger charge is -2.24. The van der Waals surface area contributed by atoms with Crippen molar-refractivity contribution in [1.29, 1.82) is 0 Å². The molecule has 33 heavy (non-hydrogen) atoms. The summed E-state index contributed by atoms with van der Waals surface area (Å²) in [7, 11) is 0. The van der Waals surface area contributed by atoms with E-state index in [0.717, 1.165) is 42.4 Å². The highest BCUT2D eigenvalue weighted by Crippen LogP contribution is 2.35. The fraction of sp³-hybridized carbons (Fsp3) is 0.267. The predicted octanol–water partition coefficient (Wildman–Crippen LogP) is 4.35. The van der Waals surface area contributed by atoms with Crippen LogP contribution in [0.15, 0.2) is 72.8 Å². The van der Waals surface area contributed by atoms with Crippen molar-refractivity contribution in [2.45, 2.75) is 37.5 Å². The Labute approximate surface area is 195 Å². The SMILES string of the molecule is N[C@]1(OCC#Cc2ccc(C#CCOC3Cc4ccccc4C3)cc2)CCc2ccccc21. The summed E-state index contributed by atoms with van der Waals surface area (Å²) in [5.74, 6) is 12.5. The van der Waals surface area contributed by atoms with Crippen molar-refractivity contribution in [3.63, 3.8) is 0 Å². The minimum Gasteiger partial charge on any atom is -0.365 e. The Kier molecular flexibility index (Phi) is 6.29. The molecule has 0 unspecified atom stereocenters. The van der Waals surface area contributed by atoms with E-state index in [-0.39, 0.29) is 6.10 Å². The second-order valence-corrected chi connectivity index (χ2v) is 8.63. The Hall–Kier alpha value is -3.34. The fourth-order valence-electron chi connectivity index (χ4n) is 4.63. The first-order valence-electron chi connectivity index (χ1n) is 11.5. The van der Waals surface area contributed by atoms with Crippen molar-refractivity contribution in [3.8, 4) is 23.7 Å². The number of hydrogen-bond donors (Lipinski definition) is 1. The molecule has 0 amide bonds. The molecule has 2 aliphatic rings. The van der Waals surface area contributed by atoms with Crippen LogP contribution in [0, 0.1) is 23.7 Å². The number of aryl methyl sites for hydroxylation is 1. The zero-order valence-electron chi connectivity index (χ0n) is 18.6. The van der Waals surface area contributed by atoms with Gasteiger partial charge in [0.25, 0.3) is 0 Å². The van der Waals surface area contributed by atoms with E-state index in [1.165, 1.54) is 16.7 Å². The van der Waals surface area contributed by atoms with E-state index in [4.69, 9.17) is 15.2 Å². The lowest BCUT2D eigenvalue weighted by atomic mass is 10.1. The lowest BCUT2D eigenvalue weighted by molar-refractivity contribution is -0.0269. The number of fused-ring (bicyclic) bond motifs is 2. The van der Waals surface area contributed by atoms with Crippen LogP contribution in [0.5, 0.6) is 0 Å². The van der Waals surface area contributed by atoms with Crippen LogP contribution in [0.25, 0.3) is 0 Å². The third-order valence-corrected chi connectivity index (χ3v) is 6.40. The smallest absolute Gasteiger partial charge is 0.144 e. The van der Waals surface area contributed by atoms with E-state index in [1.54, 1.807) is 0 Å². The van der Waals surface area contributed by atoms with E-state index in [0.29, 0.717) is 13.2 Å². The molecule has 5 rings (SSSR count). The maximum Gasteiger partial charge on any atom is 0.144 e. The Morgan fingerprint density at radius 3 is 2.00 bits per heavy atom. The van der Waals surface area contributed by atoms with Gasteiger partial charge in [-0.2, -0.15) is 0 Å². The van der Waals surface area contributed by atoms with Gasteiger partial charge in [0.05, 0.1) is 6.10 Å². The van der Waals surface area contributed by atoms with Crippen LogP contribution >= 0.6 is 0 Å². The molecule has 0 aromatic heterocycles. The van der Waals surface area contributed by atoms with Crippen molar-refractivity contribution in [3.05, 3.63) is 106 Å². The molecule has 0 saturated carbocycles. The minimum atomic E-state index is -0.728. The van der Waals surface area contributed by atoms with Crippen LogP contribution in [0.4, 0.5) is 0 Å². The van der Waals surface area contributed by atoms with Gasteiger partial charge in [0, 0.05) is 16.7 Å². The lowest BCUT2D eigenvalue weighted by Crippen LogP contribution is -2.37. The standard InChI is InChI=1S/C30H27NO2/c31-30(18-17-25-9-3-4-12-29(25)30)33-20-6-8-24-15-13-23(14-16-24)7-5-19-32-28-21-26-10-1-2-11-27(26)22-28/h1-4,9-16,28H,17-22,31H2/t30-/m0/s1. The molecule has 3 aromatic rings. The molecule has 0 saturated heterocycles. The molecule has 0 radical (unpaired) electrons. The summed E-state index contributed by atoms with van der Waals surface area (Å²) in [6.45, 7) is 0.746. The third-order valence-electron chi connectivity index (χ3n) is 6.40. The summed E-state index contributed by atoms with van der Waals surface area (Å²) in [5, 5.41) is 0. The number of nitrogens with two attached hydrogens (primary N) is 1. The van der Waals surface area contributed by atoms with E-state index in [1.807, 2.05) is 42.5 Å². The molecule has 3 aromatic carbocycles. The average molecular weight is 434 g/mol. The zero-order chi connectivity index (χ0) is 22.5. The van der Waals surface area contributed by atoms with Gasteiger partial charge in [-0.15, -0.1) is 0 Å². The zero-order valence-corrected chi connectivity index (χ0v) is 18.6. The van der Waals surface area contributed by atoms with Crippen LogP contribution in [0.3, 0.4) is 0 Å². The summed E-state index contributed by atoms with van der Waals surface area (Å²) in [6.07, 6.45) is 3.93. The van der Waals surface area contributed by atoms with Gasteiger partial charge in [-0.3, -0.25) is 5.73 Å². The number of ether oxygens (including phenoxy) is 2. The van der Waals surface area contributed by atoms with Crippen LogP contribution in [0.1, 0.15) is 39.8 Å². The van der Waals surface area contributed by atoms with Crippen molar-refractivity contribution >= 4 is 0 Å². The van der Waals surface area contributed by atoms with Crippen LogP contribution in [-0.2, 0) is 34.5 Å². The van der Waals surface area contributed by atoms with Crippen LogP contribution in [-0.4, -0.2) is 19.3 Å². The number of rotatable bonds is 4. The van der Waals surface area contributed by atoms with Gasteiger partial charge in [-0.25, -0.2) is 0 Å². The van der Waals surface area contributed by atoms with Crippen molar-refractivity contribution in [2.75, 3.05) is 13.2 Å². The molecule has 164 valence electrons. The molecular weight excluding hydrogens is 406 g/mol. The Balaban J connectivity index is 1.09. The van der Waals surface area contributed by atoms with Gasteiger partial charge < -0.3 is 9.47 Å². The highest BCUT2D eigenvalue weighted by molar-refractivity contribution is 5.42. The number of hydrogen-bond acceptors (Lipinski definition) is 3. The molecule has 0 aliphatic heterocycles. The summed E-state index contributed by atoms with van der Waals surface area (Å²) in [5.41, 5.74) is 12.8. The maximum atomic E-state index is 6.47. The summed E-state index contributed by atoms with van der Waals surface area (Å²) in [4.78, 5) is 0. The Morgan fingerprint density at radius 1 is 0.758 bits per heavy atom. The topological polar surface area (TPSA) is 44.5 Å². The van der Waals surface area contributed by atoms with Crippen LogP contribution in [0.2, 0.25) is 0 Å².